The maximum Gasteiger partial charge on any atom is 0.314 e. The second kappa shape index (κ2) is 7.41. The zero-order valence-electron chi connectivity index (χ0n) is 15.3. The molecule has 144 valence electrons. The third-order valence-electron chi connectivity index (χ3n) is 5.53. The monoisotopic (exact) mass is 396 g/mol. The highest BCUT2D eigenvalue weighted by Gasteiger charge is 2.49. The number of halogens is 1. The predicted octanol–water partition coefficient (Wildman–Crippen LogP) is 3.77. The average Bonchev–Trinajstić information content (AvgIpc) is 2.70. The van der Waals surface area contributed by atoms with Gasteiger partial charge in [0.05, 0.1) is 11.6 Å². The molecular formula is C22H21ClN2O3. The van der Waals surface area contributed by atoms with Crippen LogP contribution in [0.25, 0.3) is 10.9 Å². The van der Waals surface area contributed by atoms with E-state index in [-0.39, 0.29) is 13.0 Å². The lowest BCUT2D eigenvalue weighted by atomic mass is 9.73. The Hall–Kier alpha value is -2.63. The number of piperidine rings is 1. The lowest BCUT2D eigenvalue weighted by Crippen LogP contribution is -2.57. The largest absolute Gasteiger partial charge is 0.481 e. The van der Waals surface area contributed by atoms with Crippen molar-refractivity contribution in [1.29, 1.82) is 0 Å². The minimum Gasteiger partial charge on any atom is -0.481 e. The van der Waals surface area contributed by atoms with Crippen molar-refractivity contribution in [3.05, 3.63) is 71.2 Å². The van der Waals surface area contributed by atoms with Crippen molar-refractivity contribution in [2.75, 3.05) is 18.0 Å². The molecule has 1 saturated heterocycles. The first-order chi connectivity index (χ1) is 13.5. The summed E-state index contributed by atoms with van der Waals surface area (Å²) >= 11 is 6.04. The zero-order valence-corrected chi connectivity index (χ0v) is 16.0. The van der Waals surface area contributed by atoms with Gasteiger partial charge in [0.15, 0.2) is 0 Å². The SMILES string of the molecule is O=C(O)[C@]1(Cc2ccccc2)CN(c2ccc3cc(Cl)ccc3n2)CC[C@H]1O. The smallest absolute Gasteiger partial charge is 0.314 e. The quantitative estimate of drug-likeness (QED) is 0.702. The van der Waals surface area contributed by atoms with Gasteiger partial charge < -0.3 is 15.1 Å². The summed E-state index contributed by atoms with van der Waals surface area (Å²) in [6, 6.07) is 18.8. The van der Waals surface area contributed by atoms with Gasteiger partial charge in [-0.25, -0.2) is 4.98 Å². The second-order valence-electron chi connectivity index (χ2n) is 7.36. The number of pyridine rings is 1. The number of carbonyl (C=O) groups is 1. The van der Waals surface area contributed by atoms with Crippen LogP contribution in [-0.2, 0) is 11.2 Å². The summed E-state index contributed by atoms with van der Waals surface area (Å²) in [6.07, 6.45) is -0.274. The summed E-state index contributed by atoms with van der Waals surface area (Å²) in [4.78, 5) is 18.9. The Morgan fingerprint density at radius 1 is 1.18 bits per heavy atom. The highest BCUT2D eigenvalue weighted by molar-refractivity contribution is 6.31. The van der Waals surface area contributed by atoms with Gasteiger partial charge in [0.2, 0.25) is 0 Å². The van der Waals surface area contributed by atoms with Crippen LogP contribution in [-0.4, -0.2) is 40.4 Å². The normalized spacial score (nSPS) is 22.4. The summed E-state index contributed by atoms with van der Waals surface area (Å²) in [5, 5.41) is 22.3. The molecule has 0 bridgehead atoms. The molecule has 1 fully saturated rings. The van der Waals surface area contributed by atoms with Gasteiger partial charge in [0.25, 0.3) is 0 Å². The van der Waals surface area contributed by atoms with E-state index in [9.17, 15) is 15.0 Å². The van der Waals surface area contributed by atoms with E-state index in [1.54, 1.807) is 6.07 Å². The van der Waals surface area contributed by atoms with E-state index in [1.807, 2.05) is 59.5 Å². The number of fused-ring (bicyclic) bond motifs is 1. The maximum absolute atomic E-state index is 12.3. The molecule has 6 heteroatoms. The van der Waals surface area contributed by atoms with Crippen LogP contribution in [0.15, 0.2) is 60.7 Å². The highest BCUT2D eigenvalue weighted by Crippen LogP contribution is 2.36. The van der Waals surface area contributed by atoms with Crippen LogP contribution in [0.2, 0.25) is 5.02 Å². The molecule has 1 aliphatic heterocycles. The van der Waals surface area contributed by atoms with E-state index in [4.69, 9.17) is 11.6 Å². The van der Waals surface area contributed by atoms with Crippen molar-refractivity contribution in [1.82, 2.24) is 4.98 Å². The lowest BCUT2D eigenvalue weighted by molar-refractivity contribution is -0.157. The number of hydrogen-bond donors (Lipinski definition) is 2. The zero-order chi connectivity index (χ0) is 19.7. The Labute approximate surface area is 168 Å². The summed E-state index contributed by atoms with van der Waals surface area (Å²) in [6.45, 7) is 0.752. The Morgan fingerprint density at radius 3 is 2.71 bits per heavy atom. The molecule has 0 aliphatic carbocycles. The Morgan fingerprint density at radius 2 is 1.96 bits per heavy atom. The first kappa shape index (κ1) is 18.7. The van der Waals surface area contributed by atoms with Gasteiger partial charge in [-0.1, -0.05) is 41.9 Å². The molecule has 2 heterocycles. The number of benzene rings is 2. The van der Waals surface area contributed by atoms with Gasteiger partial charge in [-0.2, -0.15) is 0 Å². The fourth-order valence-electron chi connectivity index (χ4n) is 3.96. The van der Waals surface area contributed by atoms with E-state index in [0.717, 1.165) is 16.5 Å². The number of anilines is 1. The molecule has 5 nitrogen and oxygen atoms in total. The van der Waals surface area contributed by atoms with Gasteiger partial charge in [-0.05, 0) is 48.7 Å². The first-order valence-electron chi connectivity index (χ1n) is 9.25. The van der Waals surface area contributed by atoms with E-state index in [1.165, 1.54) is 0 Å². The molecular weight excluding hydrogens is 376 g/mol. The lowest BCUT2D eigenvalue weighted by Gasteiger charge is -2.44. The number of nitrogens with zero attached hydrogens (tertiary/aromatic N) is 2. The standard InChI is InChI=1S/C22H21ClN2O3/c23-17-7-8-18-16(12-17)6-9-20(24-18)25-11-10-19(26)22(14-25,21(27)28)13-15-4-2-1-3-5-15/h1-9,12,19,26H,10-11,13-14H2,(H,27,28)/t19-,22-/m1/s1. The van der Waals surface area contributed by atoms with Crippen LogP contribution in [0.3, 0.4) is 0 Å². The van der Waals surface area contributed by atoms with Gasteiger partial charge in [-0.3, -0.25) is 4.79 Å². The topological polar surface area (TPSA) is 73.7 Å². The van der Waals surface area contributed by atoms with Crippen LogP contribution >= 0.6 is 11.6 Å². The Balaban J connectivity index is 1.68. The maximum atomic E-state index is 12.3. The Bertz CT molecular complexity index is 1010. The second-order valence-corrected chi connectivity index (χ2v) is 7.79. The number of rotatable bonds is 4. The molecule has 3 aromatic rings. The third-order valence-corrected chi connectivity index (χ3v) is 5.77. The molecule has 0 unspecified atom stereocenters. The van der Waals surface area contributed by atoms with Crippen molar-refractivity contribution in [2.24, 2.45) is 5.41 Å². The van der Waals surface area contributed by atoms with Gasteiger partial charge in [0.1, 0.15) is 11.2 Å². The summed E-state index contributed by atoms with van der Waals surface area (Å²) in [7, 11) is 0. The van der Waals surface area contributed by atoms with Gasteiger partial charge in [-0.15, -0.1) is 0 Å². The van der Waals surface area contributed by atoms with Crippen LogP contribution in [0.4, 0.5) is 5.82 Å². The van der Waals surface area contributed by atoms with Crippen LogP contribution in [0.1, 0.15) is 12.0 Å². The molecule has 2 atom stereocenters. The first-order valence-corrected chi connectivity index (χ1v) is 9.62. The number of aliphatic hydroxyl groups is 1. The van der Waals surface area contributed by atoms with E-state index >= 15 is 0 Å². The molecule has 2 aromatic carbocycles. The summed E-state index contributed by atoms with van der Waals surface area (Å²) in [5.41, 5.74) is 0.417. The molecule has 0 amide bonds. The minimum absolute atomic E-state index is 0.199. The molecule has 1 aromatic heterocycles. The van der Waals surface area contributed by atoms with Crippen LogP contribution in [0, 0.1) is 5.41 Å². The van der Waals surface area contributed by atoms with Crippen molar-refractivity contribution in [3.63, 3.8) is 0 Å². The molecule has 0 radical (unpaired) electrons. The van der Waals surface area contributed by atoms with Crippen molar-refractivity contribution >= 4 is 34.3 Å². The minimum atomic E-state index is -1.28. The number of carboxylic acids is 1. The molecule has 2 N–H and O–H groups in total. The molecule has 0 saturated carbocycles. The molecule has 4 rings (SSSR count). The number of hydrogen-bond acceptors (Lipinski definition) is 4. The Kier molecular flexibility index (Phi) is 4.96. The van der Waals surface area contributed by atoms with Crippen LogP contribution in [0.5, 0.6) is 0 Å². The van der Waals surface area contributed by atoms with E-state index in [2.05, 4.69) is 4.98 Å². The predicted molar refractivity (Wildman–Crippen MR) is 110 cm³/mol. The highest BCUT2D eigenvalue weighted by atomic mass is 35.5. The number of carboxylic acid groups (broad SMARTS) is 1. The number of aliphatic carboxylic acids is 1. The van der Waals surface area contributed by atoms with Crippen molar-refractivity contribution in [3.8, 4) is 0 Å². The number of aliphatic hydroxyl groups excluding tert-OH is 1. The molecule has 1 aliphatic rings. The molecule has 0 spiro atoms. The molecule has 28 heavy (non-hydrogen) atoms. The summed E-state index contributed by atoms with van der Waals surface area (Å²) in [5.74, 6) is -0.276. The van der Waals surface area contributed by atoms with Gasteiger partial charge in [0, 0.05) is 23.5 Å². The summed E-state index contributed by atoms with van der Waals surface area (Å²) < 4.78 is 0. The van der Waals surface area contributed by atoms with Crippen molar-refractivity contribution in [2.45, 2.75) is 18.9 Å². The average molecular weight is 397 g/mol. The van der Waals surface area contributed by atoms with Crippen LogP contribution < -0.4 is 4.90 Å². The number of aromatic nitrogens is 1. The van der Waals surface area contributed by atoms with E-state index in [0.29, 0.717) is 23.8 Å². The fourth-order valence-corrected chi connectivity index (χ4v) is 4.14. The van der Waals surface area contributed by atoms with E-state index < -0.39 is 17.5 Å². The third kappa shape index (κ3) is 3.43. The fraction of sp³-hybridized carbons (Fsp3) is 0.273. The van der Waals surface area contributed by atoms with Crippen molar-refractivity contribution < 1.29 is 15.0 Å². The van der Waals surface area contributed by atoms with Gasteiger partial charge >= 0.3 is 5.97 Å².